The monoisotopic (exact) mass is 369 g/mol. The van der Waals surface area contributed by atoms with Crippen LogP contribution in [-0.4, -0.2) is 25.2 Å². The minimum atomic E-state index is -0.515. The second-order valence-electron chi connectivity index (χ2n) is 7.67. The molecule has 0 aromatic heterocycles. The smallest absolute Gasteiger partial charge is 0.249 e. The maximum absolute atomic E-state index is 12.5. The number of carbonyl (C=O) groups is 1. The fourth-order valence-electron chi connectivity index (χ4n) is 3.24. The summed E-state index contributed by atoms with van der Waals surface area (Å²) in [5.41, 5.74) is 2.24. The molecule has 4 nitrogen and oxygen atoms in total. The van der Waals surface area contributed by atoms with E-state index in [2.05, 4.69) is 43.4 Å². The number of carbonyl (C=O) groups excluding carboxylic acids is 1. The number of hydrogen-bond donors (Lipinski definition) is 1. The average molecular weight is 370 g/mol. The highest BCUT2D eigenvalue weighted by Gasteiger charge is 2.25. The fraction of sp³-hybridized carbons (Fsp3) is 0.435. The molecule has 0 heterocycles. The van der Waals surface area contributed by atoms with Gasteiger partial charge in [-0.05, 0) is 48.9 Å². The summed E-state index contributed by atoms with van der Waals surface area (Å²) in [4.78, 5) is 12.5. The van der Waals surface area contributed by atoms with Gasteiger partial charge in [0.1, 0.15) is 11.9 Å². The van der Waals surface area contributed by atoms with E-state index in [1.165, 1.54) is 5.56 Å². The van der Waals surface area contributed by atoms with Crippen LogP contribution >= 0.6 is 0 Å². The lowest BCUT2D eigenvalue weighted by atomic mass is 9.79. The van der Waals surface area contributed by atoms with E-state index in [-0.39, 0.29) is 17.4 Å². The van der Waals surface area contributed by atoms with Crippen molar-refractivity contribution >= 4 is 5.91 Å². The number of nitrogens with one attached hydrogen (secondary N) is 1. The Labute approximate surface area is 162 Å². The molecule has 0 saturated carbocycles. The van der Waals surface area contributed by atoms with Crippen LogP contribution in [0.3, 0.4) is 0 Å². The lowest BCUT2D eigenvalue weighted by Gasteiger charge is -2.29. The van der Waals surface area contributed by atoms with Gasteiger partial charge < -0.3 is 14.8 Å². The highest BCUT2D eigenvalue weighted by atomic mass is 16.5. The molecule has 2 aromatic carbocycles. The Balaban J connectivity index is 1.84. The first-order valence-corrected chi connectivity index (χ1v) is 9.42. The topological polar surface area (TPSA) is 47.6 Å². The number of methoxy groups -OCH3 is 1. The van der Waals surface area contributed by atoms with Crippen molar-refractivity contribution in [2.24, 2.45) is 0 Å². The molecule has 0 spiro atoms. The molecule has 2 atom stereocenters. The van der Waals surface area contributed by atoms with Gasteiger partial charge in [-0.15, -0.1) is 0 Å². The first-order valence-electron chi connectivity index (χ1n) is 9.42. The third-order valence-corrected chi connectivity index (χ3v) is 4.76. The highest BCUT2D eigenvalue weighted by molar-refractivity contribution is 5.80. The van der Waals surface area contributed by atoms with E-state index in [0.717, 1.165) is 17.7 Å². The van der Waals surface area contributed by atoms with Crippen molar-refractivity contribution in [3.8, 4) is 5.75 Å². The first kappa shape index (κ1) is 21.0. The molecule has 2 unspecified atom stereocenters. The van der Waals surface area contributed by atoms with Crippen molar-refractivity contribution < 1.29 is 14.3 Å². The molecule has 0 aliphatic rings. The van der Waals surface area contributed by atoms with Crippen molar-refractivity contribution in [3.05, 3.63) is 65.7 Å². The summed E-state index contributed by atoms with van der Waals surface area (Å²) in [7, 11) is 1.63. The molecule has 27 heavy (non-hydrogen) atoms. The van der Waals surface area contributed by atoms with Gasteiger partial charge in [-0.25, -0.2) is 0 Å². The summed E-state index contributed by atoms with van der Waals surface area (Å²) in [6, 6.07) is 18.1. The van der Waals surface area contributed by atoms with Crippen LogP contribution in [0.25, 0.3) is 0 Å². The van der Waals surface area contributed by atoms with Gasteiger partial charge in [0.2, 0.25) is 5.91 Å². The SMILES string of the molecule is COc1cccc(COC(C)C(=O)NC(C)CC(C)(C)c2ccccc2)c1. The summed E-state index contributed by atoms with van der Waals surface area (Å²) >= 11 is 0. The van der Waals surface area contributed by atoms with Crippen LogP contribution in [0.4, 0.5) is 0 Å². The van der Waals surface area contributed by atoms with Crippen molar-refractivity contribution in [3.63, 3.8) is 0 Å². The Bertz CT molecular complexity index is 727. The van der Waals surface area contributed by atoms with Crippen LogP contribution in [0.1, 0.15) is 45.2 Å². The second kappa shape index (κ2) is 9.56. The van der Waals surface area contributed by atoms with E-state index in [0.29, 0.717) is 6.61 Å². The van der Waals surface area contributed by atoms with Gasteiger partial charge in [-0.1, -0.05) is 56.3 Å². The number of amides is 1. The van der Waals surface area contributed by atoms with Crippen molar-refractivity contribution in [1.29, 1.82) is 0 Å². The fourth-order valence-corrected chi connectivity index (χ4v) is 3.24. The van der Waals surface area contributed by atoms with E-state index < -0.39 is 6.10 Å². The van der Waals surface area contributed by atoms with Crippen LogP contribution in [0.5, 0.6) is 5.75 Å². The molecular formula is C23H31NO3. The lowest BCUT2D eigenvalue weighted by molar-refractivity contribution is -0.133. The Kier molecular flexibility index (Phi) is 7.43. The van der Waals surface area contributed by atoms with Crippen LogP contribution in [0.2, 0.25) is 0 Å². The van der Waals surface area contributed by atoms with E-state index in [1.54, 1.807) is 14.0 Å². The minimum Gasteiger partial charge on any atom is -0.497 e. The van der Waals surface area contributed by atoms with Gasteiger partial charge in [0.05, 0.1) is 13.7 Å². The van der Waals surface area contributed by atoms with Crippen LogP contribution in [-0.2, 0) is 21.6 Å². The number of benzene rings is 2. The van der Waals surface area contributed by atoms with Crippen molar-refractivity contribution in [1.82, 2.24) is 5.32 Å². The molecule has 0 aliphatic heterocycles. The number of ether oxygens (including phenoxy) is 2. The summed E-state index contributed by atoms with van der Waals surface area (Å²) < 4.78 is 10.9. The largest absolute Gasteiger partial charge is 0.497 e. The zero-order valence-corrected chi connectivity index (χ0v) is 17.0. The molecule has 0 fully saturated rings. The Morgan fingerprint density at radius 2 is 1.78 bits per heavy atom. The molecular weight excluding hydrogens is 338 g/mol. The molecule has 1 N–H and O–H groups in total. The Morgan fingerprint density at radius 3 is 2.44 bits per heavy atom. The summed E-state index contributed by atoms with van der Waals surface area (Å²) in [5.74, 6) is 0.694. The number of hydrogen-bond acceptors (Lipinski definition) is 3. The van der Waals surface area contributed by atoms with E-state index in [1.807, 2.05) is 37.3 Å². The van der Waals surface area contributed by atoms with E-state index in [4.69, 9.17) is 9.47 Å². The van der Waals surface area contributed by atoms with Gasteiger partial charge >= 0.3 is 0 Å². The van der Waals surface area contributed by atoms with Crippen LogP contribution < -0.4 is 10.1 Å². The summed E-state index contributed by atoms with van der Waals surface area (Å²) in [6.07, 6.45) is 0.337. The Hall–Kier alpha value is -2.33. The minimum absolute atomic E-state index is 0.0152. The standard InChI is InChI=1S/C23H31NO3/c1-17(15-23(3,4)20-11-7-6-8-12-20)24-22(25)18(2)27-16-19-10-9-13-21(14-19)26-5/h6-14,17-18H,15-16H2,1-5H3,(H,24,25). The third-order valence-electron chi connectivity index (χ3n) is 4.76. The van der Waals surface area contributed by atoms with E-state index >= 15 is 0 Å². The van der Waals surface area contributed by atoms with Gasteiger partial charge in [0.25, 0.3) is 0 Å². The van der Waals surface area contributed by atoms with Gasteiger partial charge in [-0.3, -0.25) is 4.79 Å². The zero-order valence-electron chi connectivity index (χ0n) is 17.0. The molecule has 4 heteroatoms. The van der Waals surface area contributed by atoms with E-state index in [9.17, 15) is 4.79 Å². The number of rotatable bonds is 9. The molecule has 0 radical (unpaired) electrons. The molecule has 1 amide bonds. The predicted molar refractivity (Wildman–Crippen MR) is 109 cm³/mol. The normalized spacial score (nSPS) is 13.7. The molecule has 0 saturated heterocycles. The summed E-state index contributed by atoms with van der Waals surface area (Å²) in [5, 5.41) is 3.08. The third kappa shape index (κ3) is 6.40. The first-order chi connectivity index (χ1) is 12.8. The highest BCUT2D eigenvalue weighted by Crippen LogP contribution is 2.28. The quantitative estimate of drug-likeness (QED) is 0.709. The average Bonchev–Trinajstić information content (AvgIpc) is 2.66. The van der Waals surface area contributed by atoms with Crippen molar-refractivity contribution in [2.75, 3.05) is 7.11 Å². The van der Waals surface area contributed by atoms with Crippen LogP contribution in [0, 0.1) is 0 Å². The lowest BCUT2D eigenvalue weighted by Crippen LogP contribution is -2.42. The van der Waals surface area contributed by atoms with Crippen molar-refractivity contribution in [2.45, 2.75) is 58.3 Å². The van der Waals surface area contributed by atoms with Crippen LogP contribution in [0.15, 0.2) is 54.6 Å². The molecule has 2 rings (SSSR count). The van der Waals surface area contributed by atoms with Gasteiger partial charge in [0, 0.05) is 6.04 Å². The van der Waals surface area contributed by atoms with Gasteiger partial charge in [0.15, 0.2) is 0 Å². The molecule has 2 aromatic rings. The second-order valence-corrected chi connectivity index (χ2v) is 7.67. The van der Waals surface area contributed by atoms with Gasteiger partial charge in [-0.2, -0.15) is 0 Å². The Morgan fingerprint density at radius 1 is 1.07 bits per heavy atom. The maximum Gasteiger partial charge on any atom is 0.249 e. The zero-order chi connectivity index (χ0) is 19.9. The summed E-state index contributed by atoms with van der Waals surface area (Å²) in [6.45, 7) is 8.60. The predicted octanol–water partition coefficient (Wildman–Crippen LogP) is 4.47. The maximum atomic E-state index is 12.5. The molecule has 146 valence electrons. The molecule has 0 aliphatic carbocycles. The molecule has 0 bridgehead atoms.